The van der Waals surface area contributed by atoms with E-state index in [1.807, 2.05) is 19.1 Å². The number of hydrogen-bond acceptors (Lipinski definition) is 6. The number of rotatable bonds is 6. The van der Waals surface area contributed by atoms with E-state index in [0.717, 1.165) is 23.2 Å². The lowest BCUT2D eigenvalue weighted by atomic mass is 10.1. The summed E-state index contributed by atoms with van der Waals surface area (Å²) in [5.41, 5.74) is 2.77. The van der Waals surface area contributed by atoms with E-state index >= 15 is 0 Å². The monoisotopic (exact) mass is 501 g/mol. The van der Waals surface area contributed by atoms with Gasteiger partial charge in [0.05, 0.1) is 21.2 Å². The maximum absolute atomic E-state index is 13.5. The smallest absolute Gasteiger partial charge is 0.210 e. The van der Waals surface area contributed by atoms with Gasteiger partial charge in [0, 0.05) is 17.4 Å². The third-order valence-corrected chi connectivity index (χ3v) is 9.39. The number of hydrogen-bond donors (Lipinski definition) is 0. The number of benzene rings is 3. The van der Waals surface area contributed by atoms with Crippen LogP contribution in [0.3, 0.4) is 0 Å². The molecule has 0 fully saturated rings. The molecule has 4 rings (SSSR count). The second-order valence-electron chi connectivity index (χ2n) is 7.68. The van der Waals surface area contributed by atoms with Crippen molar-refractivity contribution in [3.8, 4) is 21.7 Å². The zero-order valence-corrected chi connectivity index (χ0v) is 20.3. The van der Waals surface area contributed by atoms with Gasteiger partial charge in [0.2, 0.25) is 14.2 Å². The predicted molar refractivity (Wildman–Crippen MR) is 128 cm³/mol. The molecule has 9 heteroatoms. The molecule has 0 N–H and O–H groups in total. The van der Waals surface area contributed by atoms with Crippen LogP contribution in [0.4, 0.5) is 4.39 Å². The number of nitrogens with zero attached hydrogens (tertiary/aromatic N) is 1. The molecule has 0 aliphatic rings. The van der Waals surface area contributed by atoms with Gasteiger partial charge in [0.15, 0.2) is 9.84 Å². The maximum Gasteiger partial charge on any atom is 0.210 e. The predicted octanol–water partition coefficient (Wildman–Crippen LogP) is 5.30. The Balaban J connectivity index is 1.90. The van der Waals surface area contributed by atoms with E-state index in [1.165, 1.54) is 30.3 Å². The van der Waals surface area contributed by atoms with Crippen molar-refractivity contribution in [2.24, 2.45) is 0 Å². The lowest BCUT2D eigenvalue weighted by Gasteiger charge is -2.08. The van der Waals surface area contributed by atoms with E-state index < -0.39 is 25.5 Å². The Morgan fingerprint density at radius 3 is 2.15 bits per heavy atom. The van der Waals surface area contributed by atoms with Crippen LogP contribution in [0, 0.1) is 12.7 Å². The molecule has 3 aromatic carbocycles. The Labute approximate surface area is 196 Å². The fraction of sp³-hybridized carbons (Fsp3) is 0.125. The number of sulfone groups is 2. The molecule has 0 unspecified atom stereocenters. The van der Waals surface area contributed by atoms with E-state index in [2.05, 4.69) is 4.98 Å². The summed E-state index contributed by atoms with van der Waals surface area (Å²) >= 11 is 0.914. The number of thiazole rings is 1. The van der Waals surface area contributed by atoms with Crippen LogP contribution in [0.15, 0.2) is 82.0 Å². The lowest BCUT2D eigenvalue weighted by molar-refractivity contribution is 0.594. The third kappa shape index (κ3) is 5.05. The largest absolute Gasteiger partial charge is 0.224 e. The highest BCUT2D eigenvalue weighted by Crippen LogP contribution is 2.41. The summed E-state index contributed by atoms with van der Waals surface area (Å²) in [6.07, 6.45) is 1.10. The van der Waals surface area contributed by atoms with Crippen molar-refractivity contribution >= 4 is 31.0 Å². The van der Waals surface area contributed by atoms with E-state index in [1.54, 1.807) is 30.3 Å². The molecule has 4 aromatic rings. The molecule has 0 radical (unpaired) electrons. The molecule has 0 amide bonds. The van der Waals surface area contributed by atoms with E-state index in [-0.39, 0.29) is 15.0 Å². The molecule has 0 aliphatic carbocycles. The van der Waals surface area contributed by atoms with Crippen LogP contribution in [0.2, 0.25) is 0 Å². The van der Waals surface area contributed by atoms with Gasteiger partial charge in [-0.1, -0.05) is 48.0 Å². The molecular weight excluding hydrogens is 481 g/mol. The van der Waals surface area contributed by atoms with Crippen molar-refractivity contribution < 1.29 is 21.2 Å². The Bertz CT molecular complexity index is 1520. The Morgan fingerprint density at radius 2 is 1.52 bits per heavy atom. The van der Waals surface area contributed by atoms with Crippen molar-refractivity contribution in [1.29, 1.82) is 0 Å². The van der Waals surface area contributed by atoms with Crippen LogP contribution < -0.4 is 0 Å². The van der Waals surface area contributed by atoms with Gasteiger partial charge in [-0.3, -0.25) is 0 Å². The highest BCUT2D eigenvalue weighted by Gasteiger charge is 2.27. The first-order valence-corrected chi connectivity index (χ1v) is 14.3. The topological polar surface area (TPSA) is 81.2 Å². The van der Waals surface area contributed by atoms with Gasteiger partial charge in [-0.2, -0.15) is 0 Å². The van der Waals surface area contributed by atoms with Crippen LogP contribution in [0.5, 0.6) is 0 Å². The molecule has 0 spiro atoms. The van der Waals surface area contributed by atoms with Crippen LogP contribution in [0.25, 0.3) is 21.7 Å². The summed E-state index contributed by atoms with van der Waals surface area (Å²) in [4.78, 5) is 4.87. The molecule has 0 aliphatic heterocycles. The molecule has 1 aromatic heterocycles. The second-order valence-corrected chi connectivity index (χ2v) is 12.8. The minimum Gasteiger partial charge on any atom is -0.224 e. The quantitative estimate of drug-likeness (QED) is 0.358. The molecule has 0 atom stereocenters. The van der Waals surface area contributed by atoms with Gasteiger partial charge in [-0.05, 0) is 42.8 Å². The summed E-state index contributed by atoms with van der Waals surface area (Å²) in [6.45, 7) is 1.92. The molecular formula is C24H20FNO4S3. The zero-order chi connectivity index (χ0) is 23.8. The fourth-order valence-electron chi connectivity index (χ4n) is 3.36. The summed E-state index contributed by atoms with van der Waals surface area (Å²) in [6, 6.07) is 19.0. The van der Waals surface area contributed by atoms with Gasteiger partial charge >= 0.3 is 0 Å². The van der Waals surface area contributed by atoms with Crippen LogP contribution in [-0.2, 0) is 25.4 Å². The minimum absolute atomic E-state index is 0.0690. The van der Waals surface area contributed by atoms with E-state index in [9.17, 15) is 21.2 Å². The van der Waals surface area contributed by atoms with Crippen molar-refractivity contribution in [2.75, 3.05) is 6.26 Å². The SMILES string of the molecule is Cc1ccc(CS(=O)(=O)c2nc(-c3ccc(F)cc3)c(-c3ccccc3S(C)(=O)=O)s2)cc1. The van der Waals surface area contributed by atoms with Crippen molar-refractivity contribution in [2.45, 2.75) is 21.9 Å². The van der Waals surface area contributed by atoms with Gasteiger partial charge in [0.1, 0.15) is 5.82 Å². The van der Waals surface area contributed by atoms with Crippen LogP contribution in [-0.4, -0.2) is 28.1 Å². The maximum atomic E-state index is 13.5. The van der Waals surface area contributed by atoms with Crippen molar-refractivity contribution in [3.05, 3.63) is 89.7 Å². The average molecular weight is 502 g/mol. The molecule has 0 saturated carbocycles. The number of halogens is 1. The van der Waals surface area contributed by atoms with Gasteiger partial charge < -0.3 is 0 Å². The van der Waals surface area contributed by atoms with Crippen LogP contribution in [0.1, 0.15) is 11.1 Å². The Kier molecular flexibility index (Phi) is 6.22. The van der Waals surface area contributed by atoms with Gasteiger partial charge in [-0.25, -0.2) is 26.2 Å². The van der Waals surface area contributed by atoms with Crippen LogP contribution >= 0.6 is 11.3 Å². The molecule has 0 saturated heterocycles. The standard InChI is InChI=1S/C24H20FNO4S3/c1-16-7-9-17(10-8-16)15-33(29,30)24-26-22(18-11-13-19(25)14-12-18)23(31-24)20-5-3-4-6-21(20)32(2,27)28/h3-14H,15H2,1-2H3. The molecule has 170 valence electrons. The van der Waals surface area contributed by atoms with Gasteiger partial charge in [-0.15, -0.1) is 11.3 Å². The number of aromatic nitrogens is 1. The first-order valence-electron chi connectivity index (χ1n) is 9.89. The number of aryl methyl sites for hydroxylation is 1. The minimum atomic E-state index is -3.82. The highest BCUT2D eigenvalue weighted by atomic mass is 32.2. The average Bonchev–Trinajstić information content (AvgIpc) is 3.22. The molecule has 0 bridgehead atoms. The summed E-state index contributed by atoms with van der Waals surface area (Å²) in [7, 11) is -7.41. The van der Waals surface area contributed by atoms with E-state index in [4.69, 9.17) is 0 Å². The van der Waals surface area contributed by atoms with Gasteiger partial charge in [0.25, 0.3) is 0 Å². The molecule has 1 heterocycles. The summed E-state index contributed by atoms with van der Waals surface area (Å²) < 4.78 is 64.7. The molecule has 33 heavy (non-hydrogen) atoms. The molecule has 5 nitrogen and oxygen atoms in total. The third-order valence-electron chi connectivity index (χ3n) is 5.00. The Hall–Kier alpha value is -2.88. The highest BCUT2D eigenvalue weighted by molar-refractivity contribution is 7.92. The summed E-state index contributed by atoms with van der Waals surface area (Å²) in [5.74, 6) is -0.684. The Morgan fingerprint density at radius 1 is 0.879 bits per heavy atom. The lowest BCUT2D eigenvalue weighted by Crippen LogP contribution is -2.04. The normalized spacial score (nSPS) is 12.1. The second kappa shape index (κ2) is 8.81. The van der Waals surface area contributed by atoms with Crippen molar-refractivity contribution in [1.82, 2.24) is 4.98 Å². The summed E-state index contributed by atoms with van der Waals surface area (Å²) in [5, 5.41) is 0. The first-order chi connectivity index (χ1) is 15.5. The van der Waals surface area contributed by atoms with Crippen molar-refractivity contribution in [3.63, 3.8) is 0 Å². The zero-order valence-electron chi connectivity index (χ0n) is 17.8. The first kappa shape index (κ1) is 23.3. The fourth-order valence-corrected chi connectivity index (χ4v) is 7.10. The van der Waals surface area contributed by atoms with E-state index in [0.29, 0.717) is 27.3 Å².